The van der Waals surface area contributed by atoms with Gasteiger partial charge in [-0.25, -0.2) is 8.78 Å². The molecular weight excluding hydrogens is 398 g/mol. The van der Waals surface area contributed by atoms with Gasteiger partial charge in [-0.15, -0.1) is 10.2 Å². The number of halogens is 2. The second-order valence-electron chi connectivity index (χ2n) is 6.26. The summed E-state index contributed by atoms with van der Waals surface area (Å²) in [5.41, 5.74) is 12.2. The van der Waals surface area contributed by atoms with E-state index in [1.165, 1.54) is 23.5 Å². The number of benzene rings is 1. The van der Waals surface area contributed by atoms with Gasteiger partial charge < -0.3 is 22.1 Å². The lowest BCUT2D eigenvalue weighted by molar-refractivity contribution is -0.115. The number of nitrogens with zero attached hydrogens (tertiary/aromatic N) is 2. The summed E-state index contributed by atoms with van der Waals surface area (Å²) in [4.78, 5) is 12.0. The number of rotatable bonds is 10. The SMILES string of the molecule is CN/C(N)=C/C=C(\N)CCCCc1nnc(NC(=O)Cc2cccc(F)c2F)s1. The lowest BCUT2D eigenvalue weighted by Crippen LogP contribution is -2.15. The van der Waals surface area contributed by atoms with Crippen molar-refractivity contribution in [2.24, 2.45) is 11.5 Å². The molecule has 0 spiro atoms. The molecule has 0 bridgehead atoms. The van der Waals surface area contributed by atoms with Crippen molar-refractivity contribution in [2.75, 3.05) is 12.4 Å². The number of aryl methyl sites for hydroxylation is 1. The Morgan fingerprint density at radius 2 is 2.00 bits per heavy atom. The topological polar surface area (TPSA) is 119 Å². The molecule has 0 saturated carbocycles. The molecule has 2 rings (SSSR count). The monoisotopic (exact) mass is 422 g/mol. The third kappa shape index (κ3) is 7.49. The number of carbonyl (C=O) groups is 1. The highest BCUT2D eigenvalue weighted by Gasteiger charge is 2.13. The maximum atomic E-state index is 13.6. The number of hydrogen-bond donors (Lipinski definition) is 4. The van der Waals surface area contributed by atoms with E-state index >= 15 is 0 Å². The van der Waals surface area contributed by atoms with Crippen molar-refractivity contribution in [1.29, 1.82) is 0 Å². The molecule has 29 heavy (non-hydrogen) atoms. The van der Waals surface area contributed by atoms with Gasteiger partial charge in [0.1, 0.15) is 5.01 Å². The van der Waals surface area contributed by atoms with Gasteiger partial charge in [0.05, 0.1) is 12.2 Å². The Morgan fingerprint density at radius 3 is 2.76 bits per heavy atom. The highest BCUT2D eigenvalue weighted by atomic mass is 32.1. The molecule has 0 aliphatic heterocycles. The molecule has 2 aromatic rings. The van der Waals surface area contributed by atoms with Gasteiger partial charge in [-0.05, 0) is 37.5 Å². The highest BCUT2D eigenvalue weighted by Crippen LogP contribution is 2.19. The smallest absolute Gasteiger partial charge is 0.230 e. The summed E-state index contributed by atoms with van der Waals surface area (Å²) in [5.74, 6) is -1.94. The number of nitrogens with one attached hydrogen (secondary N) is 2. The molecule has 0 aliphatic rings. The van der Waals surface area contributed by atoms with Gasteiger partial charge in [0.25, 0.3) is 0 Å². The highest BCUT2D eigenvalue weighted by molar-refractivity contribution is 7.15. The van der Waals surface area contributed by atoms with Gasteiger partial charge in [-0.3, -0.25) is 4.79 Å². The Morgan fingerprint density at radius 1 is 1.21 bits per heavy atom. The van der Waals surface area contributed by atoms with E-state index in [0.29, 0.717) is 17.4 Å². The second-order valence-corrected chi connectivity index (χ2v) is 7.32. The van der Waals surface area contributed by atoms with E-state index in [9.17, 15) is 13.6 Å². The van der Waals surface area contributed by atoms with Crippen LogP contribution in [0.15, 0.2) is 41.9 Å². The normalized spacial score (nSPS) is 12.1. The van der Waals surface area contributed by atoms with Gasteiger partial charge >= 0.3 is 0 Å². The summed E-state index contributed by atoms with van der Waals surface area (Å²) in [6.45, 7) is 0. The first-order valence-electron chi connectivity index (χ1n) is 9.03. The fourth-order valence-electron chi connectivity index (χ4n) is 2.40. The van der Waals surface area contributed by atoms with E-state index in [4.69, 9.17) is 11.5 Å². The molecular formula is C19H24F2N6OS. The Balaban J connectivity index is 1.76. The van der Waals surface area contributed by atoms with Gasteiger partial charge in [0.15, 0.2) is 11.6 Å². The Hall–Kier alpha value is -3.01. The van der Waals surface area contributed by atoms with Crippen molar-refractivity contribution in [3.8, 4) is 0 Å². The minimum atomic E-state index is -1.02. The third-order valence-electron chi connectivity index (χ3n) is 3.97. The third-order valence-corrected chi connectivity index (χ3v) is 4.87. The second kappa shape index (κ2) is 11.1. The molecule has 6 N–H and O–H groups in total. The summed E-state index contributed by atoms with van der Waals surface area (Å²) in [6, 6.07) is 3.73. The fourth-order valence-corrected chi connectivity index (χ4v) is 3.19. The molecule has 156 valence electrons. The molecule has 1 amide bonds. The van der Waals surface area contributed by atoms with Crippen LogP contribution >= 0.6 is 11.3 Å². The molecule has 7 nitrogen and oxygen atoms in total. The van der Waals surface area contributed by atoms with E-state index in [-0.39, 0.29) is 12.0 Å². The molecule has 1 aromatic heterocycles. The molecule has 0 fully saturated rings. The first-order valence-corrected chi connectivity index (χ1v) is 9.85. The average Bonchev–Trinajstić information content (AvgIpc) is 3.14. The van der Waals surface area contributed by atoms with Crippen LogP contribution in [0.25, 0.3) is 0 Å². The number of allylic oxidation sites excluding steroid dienone is 3. The molecule has 10 heteroatoms. The number of hydrogen-bond acceptors (Lipinski definition) is 7. The van der Waals surface area contributed by atoms with E-state index in [1.54, 1.807) is 19.2 Å². The Kier molecular flexibility index (Phi) is 8.53. The number of amides is 1. The van der Waals surface area contributed by atoms with Crippen LogP contribution < -0.4 is 22.1 Å². The quantitative estimate of drug-likeness (QED) is 0.345. The molecule has 0 unspecified atom stereocenters. The zero-order chi connectivity index (χ0) is 21.2. The summed E-state index contributed by atoms with van der Waals surface area (Å²) in [5, 5.41) is 14.4. The zero-order valence-electron chi connectivity index (χ0n) is 16.0. The summed E-state index contributed by atoms with van der Waals surface area (Å²) in [7, 11) is 1.73. The first-order chi connectivity index (χ1) is 13.9. The Bertz CT molecular complexity index is 897. The fraction of sp³-hybridized carbons (Fsp3) is 0.316. The zero-order valence-corrected chi connectivity index (χ0v) is 16.9. The van der Waals surface area contributed by atoms with Crippen molar-refractivity contribution < 1.29 is 13.6 Å². The van der Waals surface area contributed by atoms with Crippen molar-refractivity contribution in [2.45, 2.75) is 32.1 Å². The first kappa shape index (κ1) is 22.3. The van der Waals surface area contributed by atoms with Crippen molar-refractivity contribution in [3.63, 3.8) is 0 Å². The van der Waals surface area contributed by atoms with Crippen LogP contribution in [0.3, 0.4) is 0 Å². The van der Waals surface area contributed by atoms with E-state index < -0.39 is 17.5 Å². The number of unbranched alkanes of at least 4 members (excludes halogenated alkanes) is 1. The number of aromatic nitrogens is 2. The van der Waals surface area contributed by atoms with Crippen LogP contribution in [-0.4, -0.2) is 23.2 Å². The number of carbonyl (C=O) groups excluding carboxylic acids is 1. The van der Waals surface area contributed by atoms with E-state index in [1.807, 2.05) is 0 Å². The standard InChI is InChI=1S/C19H24F2N6OS/c1-24-15(23)10-9-13(22)6-2-3-8-17-26-27-19(29-17)25-16(28)11-12-5-4-7-14(20)18(12)21/h4-5,7,9-10,24H,2-3,6,8,11,22-23H2,1H3,(H,25,27,28)/b13-9-,15-10+. The van der Waals surface area contributed by atoms with Gasteiger partial charge in [0, 0.05) is 24.7 Å². The van der Waals surface area contributed by atoms with Crippen molar-refractivity contribution in [3.05, 3.63) is 64.1 Å². The van der Waals surface area contributed by atoms with Gasteiger partial charge in [0.2, 0.25) is 11.0 Å². The maximum absolute atomic E-state index is 13.6. The van der Waals surface area contributed by atoms with E-state index in [2.05, 4.69) is 20.8 Å². The average molecular weight is 423 g/mol. The Labute approximate surface area is 171 Å². The van der Waals surface area contributed by atoms with Crippen LogP contribution in [0.4, 0.5) is 13.9 Å². The lowest BCUT2D eigenvalue weighted by atomic mass is 10.1. The number of nitrogens with two attached hydrogens (primary N) is 2. The maximum Gasteiger partial charge on any atom is 0.230 e. The van der Waals surface area contributed by atoms with Crippen LogP contribution in [0.5, 0.6) is 0 Å². The minimum Gasteiger partial charge on any atom is -0.402 e. The molecule has 0 saturated heterocycles. The predicted molar refractivity (Wildman–Crippen MR) is 110 cm³/mol. The minimum absolute atomic E-state index is 0.01000. The molecule has 0 aliphatic carbocycles. The summed E-state index contributed by atoms with van der Waals surface area (Å²) >= 11 is 1.25. The molecule has 1 heterocycles. The van der Waals surface area contributed by atoms with Gasteiger partial charge in [-0.2, -0.15) is 0 Å². The largest absolute Gasteiger partial charge is 0.402 e. The molecule has 1 aromatic carbocycles. The van der Waals surface area contributed by atoms with Crippen LogP contribution in [0.2, 0.25) is 0 Å². The predicted octanol–water partition coefficient (Wildman–Crippen LogP) is 2.57. The molecule has 0 radical (unpaired) electrons. The summed E-state index contributed by atoms with van der Waals surface area (Å²) < 4.78 is 26.8. The number of anilines is 1. The lowest BCUT2D eigenvalue weighted by Gasteiger charge is -2.03. The van der Waals surface area contributed by atoms with Crippen LogP contribution in [0, 0.1) is 11.6 Å². The van der Waals surface area contributed by atoms with Crippen LogP contribution in [-0.2, 0) is 17.6 Å². The summed E-state index contributed by atoms with van der Waals surface area (Å²) in [6.07, 6.45) is 6.36. The van der Waals surface area contributed by atoms with Crippen LogP contribution in [0.1, 0.15) is 29.8 Å². The van der Waals surface area contributed by atoms with Gasteiger partial charge in [-0.1, -0.05) is 23.5 Å². The molecule has 0 atom stereocenters. The van der Waals surface area contributed by atoms with Crippen molar-refractivity contribution in [1.82, 2.24) is 15.5 Å². The van der Waals surface area contributed by atoms with Crippen molar-refractivity contribution >= 4 is 22.4 Å². The van der Waals surface area contributed by atoms with E-state index in [0.717, 1.165) is 36.0 Å².